The van der Waals surface area contributed by atoms with Crippen LogP contribution in [-0.4, -0.2) is 45.5 Å². The van der Waals surface area contributed by atoms with Crippen molar-refractivity contribution in [2.45, 2.75) is 39.3 Å². The number of aryl methyl sites for hydroxylation is 1. The fourth-order valence-corrected chi connectivity index (χ4v) is 4.29. The molecule has 1 aromatic carbocycles. The second kappa shape index (κ2) is 9.22. The van der Waals surface area contributed by atoms with Crippen molar-refractivity contribution in [2.75, 3.05) is 24.5 Å². The zero-order valence-corrected chi connectivity index (χ0v) is 17.7. The maximum atomic E-state index is 12.4. The molecule has 0 aliphatic carbocycles. The lowest BCUT2D eigenvalue weighted by atomic mass is 10.0. The van der Waals surface area contributed by atoms with Gasteiger partial charge in [0.2, 0.25) is 5.95 Å². The Morgan fingerprint density at radius 3 is 2.63 bits per heavy atom. The number of rotatable bonds is 6. The lowest BCUT2D eigenvalue weighted by molar-refractivity contribution is 0.201. The van der Waals surface area contributed by atoms with Gasteiger partial charge < -0.3 is 4.90 Å². The summed E-state index contributed by atoms with van der Waals surface area (Å²) in [5.74, 6) is 0.665. The molecule has 0 spiro atoms. The highest BCUT2D eigenvalue weighted by Gasteiger charge is 2.25. The van der Waals surface area contributed by atoms with E-state index in [-0.39, 0.29) is 5.56 Å². The fourth-order valence-electron chi connectivity index (χ4n) is 4.29. The molecule has 6 heteroatoms. The summed E-state index contributed by atoms with van der Waals surface area (Å²) in [7, 11) is 0. The molecular weight excluding hydrogens is 374 g/mol. The molecule has 30 heavy (non-hydrogen) atoms. The van der Waals surface area contributed by atoms with E-state index in [0.29, 0.717) is 17.7 Å². The van der Waals surface area contributed by atoms with Crippen molar-refractivity contribution in [3.63, 3.8) is 0 Å². The van der Waals surface area contributed by atoms with Gasteiger partial charge in [0.05, 0.1) is 5.69 Å². The van der Waals surface area contributed by atoms with E-state index in [1.54, 1.807) is 18.5 Å². The predicted molar refractivity (Wildman–Crippen MR) is 121 cm³/mol. The highest BCUT2D eigenvalue weighted by molar-refractivity contribution is 5.63. The van der Waals surface area contributed by atoms with Gasteiger partial charge in [-0.25, -0.2) is 4.98 Å². The number of nitrogens with one attached hydrogen (secondary N) is 1. The Labute approximate surface area is 177 Å². The highest BCUT2D eigenvalue weighted by Crippen LogP contribution is 2.24. The standard InChI is InChI=1S/C24H29N5O/c1-3-29(20-10-13-28(14-11-20)17-19-7-5-4-6-8-19)24-26-22(15-23(30)27-24)21-9-12-25-16-18(21)2/h4-9,12,15-16,20H,3,10-11,13-14,17H2,1-2H3,(H,26,27,30). The average molecular weight is 404 g/mol. The number of likely N-dealkylation sites (tertiary alicyclic amines) is 1. The number of H-pyrrole nitrogens is 1. The molecule has 0 atom stereocenters. The summed E-state index contributed by atoms with van der Waals surface area (Å²) in [6.45, 7) is 8.01. The summed E-state index contributed by atoms with van der Waals surface area (Å²) in [6, 6.07) is 14.5. The monoisotopic (exact) mass is 403 g/mol. The van der Waals surface area contributed by atoms with Crippen LogP contribution in [0.5, 0.6) is 0 Å². The van der Waals surface area contributed by atoms with E-state index in [9.17, 15) is 4.79 Å². The minimum atomic E-state index is -0.119. The lowest BCUT2D eigenvalue weighted by Gasteiger charge is -2.38. The van der Waals surface area contributed by atoms with E-state index in [4.69, 9.17) is 4.98 Å². The first kappa shape index (κ1) is 20.3. The van der Waals surface area contributed by atoms with Gasteiger partial charge in [-0.1, -0.05) is 30.3 Å². The molecule has 4 rings (SSSR count). The molecule has 3 aromatic rings. The summed E-state index contributed by atoms with van der Waals surface area (Å²) in [5.41, 5.74) is 3.90. The van der Waals surface area contributed by atoms with E-state index in [1.165, 1.54) is 5.56 Å². The number of pyridine rings is 1. The number of aromatic nitrogens is 3. The third-order valence-electron chi connectivity index (χ3n) is 5.89. The average Bonchev–Trinajstić information content (AvgIpc) is 2.76. The first-order chi connectivity index (χ1) is 14.6. The quantitative estimate of drug-likeness (QED) is 0.681. The fraction of sp³-hybridized carbons (Fsp3) is 0.375. The minimum absolute atomic E-state index is 0.119. The molecule has 2 aromatic heterocycles. The normalized spacial score (nSPS) is 15.3. The predicted octanol–water partition coefficient (Wildman–Crippen LogP) is 3.63. The van der Waals surface area contributed by atoms with Crippen LogP contribution >= 0.6 is 0 Å². The Bertz CT molecular complexity index is 1030. The second-order valence-electron chi connectivity index (χ2n) is 7.92. The smallest absolute Gasteiger partial charge is 0.252 e. The third kappa shape index (κ3) is 4.60. The van der Waals surface area contributed by atoms with Crippen LogP contribution in [0.15, 0.2) is 59.7 Å². The molecular formula is C24H29N5O. The second-order valence-corrected chi connectivity index (χ2v) is 7.92. The Balaban J connectivity index is 1.49. The third-order valence-corrected chi connectivity index (χ3v) is 5.89. The first-order valence-electron chi connectivity index (χ1n) is 10.7. The number of nitrogens with zero attached hydrogens (tertiary/aromatic N) is 4. The number of aromatic amines is 1. The van der Waals surface area contributed by atoms with Gasteiger partial charge in [-0.15, -0.1) is 0 Å². The Morgan fingerprint density at radius 2 is 1.93 bits per heavy atom. The topological polar surface area (TPSA) is 65.1 Å². The highest BCUT2D eigenvalue weighted by atomic mass is 16.1. The molecule has 0 radical (unpaired) electrons. The van der Waals surface area contributed by atoms with E-state index < -0.39 is 0 Å². The molecule has 156 valence electrons. The van der Waals surface area contributed by atoms with Crippen LogP contribution in [-0.2, 0) is 6.54 Å². The van der Waals surface area contributed by atoms with Gasteiger partial charge in [0.25, 0.3) is 5.56 Å². The molecule has 0 amide bonds. The molecule has 0 bridgehead atoms. The first-order valence-corrected chi connectivity index (χ1v) is 10.7. The van der Waals surface area contributed by atoms with Crippen molar-refractivity contribution in [1.29, 1.82) is 0 Å². The van der Waals surface area contributed by atoms with Crippen LogP contribution in [0, 0.1) is 6.92 Å². The van der Waals surface area contributed by atoms with Crippen LogP contribution in [0.4, 0.5) is 5.95 Å². The van der Waals surface area contributed by atoms with Crippen LogP contribution in [0.1, 0.15) is 30.9 Å². The van der Waals surface area contributed by atoms with Gasteiger partial charge in [-0.05, 0) is 43.9 Å². The number of benzene rings is 1. The van der Waals surface area contributed by atoms with Crippen LogP contribution in [0.2, 0.25) is 0 Å². The summed E-state index contributed by atoms with van der Waals surface area (Å²) < 4.78 is 0. The number of hydrogen-bond acceptors (Lipinski definition) is 5. The van der Waals surface area contributed by atoms with Crippen molar-refractivity contribution in [2.24, 2.45) is 0 Å². The molecule has 0 unspecified atom stereocenters. The SMILES string of the molecule is CCN(c1nc(-c2ccncc2C)cc(=O)[nH]1)C1CCN(Cc2ccccc2)CC1. The van der Waals surface area contributed by atoms with Crippen molar-refractivity contribution >= 4 is 5.95 Å². The van der Waals surface area contributed by atoms with Gasteiger partial charge in [-0.2, -0.15) is 0 Å². The van der Waals surface area contributed by atoms with E-state index in [0.717, 1.165) is 50.1 Å². The molecule has 1 fully saturated rings. The lowest BCUT2D eigenvalue weighted by Crippen LogP contribution is -2.45. The largest absolute Gasteiger partial charge is 0.340 e. The van der Waals surface area contributed by atoms with E-state index >= 15 is 0 Å². The molecule has 1 saturated heterocycles. The molecule has 1 N–H and O–H groups in total. The molecule has 1 aliphatic rings. The molecule has 6 nitrogen and oxygen atoms in total. The summed E-state index contributed by atoms with van der Waals surface area (Å²) in [5, 5.41) is 0. The van der Waals surface area contributed by atoms with Crippen molar-refractivity contribution < 1.29 is 0 Å². The van der Waals surface area contributed by atoms with Gasteiger partial charge in [0.1, 0.15) is 0 Å². The number of anilines is 1. The zero-order valence-electron chi connectivity index (χ0n) is 17.7. The molecule has 1 aliphatic heterocycles. The van der Waals surface area contributed by atoms with Gasteiger partial charge in [-0.3, -0.25) is 19.7 Å². The summed E-state index contributed by atoms with van der Waals surface area (Å²) in [4.78, 5) is 29.1. The van der Waals surface area contributed by atoms with Crippen molar-refractivity contribution in [3.8, 4) is 11.3 Å². The number of hydrogen-bond donors (Lipinski definition) is 1. The van der Waals surface area contributed by atoms with Crippen LogP contribution < -0.4 is 10.5 Å². The zero-order chi connectivity index (χ0) is 20.9. The Morgan fingerprint density at radius 1 is 1.17 bits per heavy atom. The van der Waals surface area contributed by atoms with E-state index in [1.807, 2.05) is 13.0 Å². The van der Waals surface area contributed by atoms with Crippen LogP contribution in [0.25, 0.3) is 11.3 Å². The van der Waals surface area contributed by atoms with Crippen LogP contribution in [0.3, 0.4) is 0 Å². The Kier molecular flexibility index (Phi) is 6.23. The minimum Gasteiger partial charge on any atom is -0.340 e. The maximum absolute atomic E-state index is 12.4. The van der Waals surface area contributed by atoms with Gasteiger partial charge >= 0.3 is 0 Å². The molecule has 0 saturated carbocycles. The van der Waals surface area contributed by atoms with Crippen molar-refractivity contribution in [3.05, 3.63) is 76.3 Å². The van der Waals surface area contributed by atoms with E-state index in [2.05, 4.69) is 57.0 Å². The van der Waals surface area contributed by atoms with Crippen molar-refractivity contribution in [1.82, 2.24) is 19.9 Å². The molecule has 3 heterocycles. The Hall–Kier alpha value is -2.99. The maximum Gasteiger partial charge on any atom is 0.252 e. The van der Waals surface area contributed by atoms with Gasteiger partial charge in [0, 0.05) is 56.2 Å². The number of piperidine rings is 1. The van der Waals surface area contributed by atoms with Gasteiger partial charge in [0.15, 0.2) is 0 Å². The summed E-state index contributed by atoms with van der Waals surface area (Å²) >= 11 is 0. The summed E-state index contributed by atoms with van der Waals surface area (Å²) in [6.07, 6.45) is 5.66.